The first-order chi connectivity index (χ1) is 36.7. The number of anilines is 1. The smallest absolute Gasteiger partial charge is 0.407 e. The van der Waals surface area contributed by atoms with Gasteiger partial charge in [-0.1, -0.05) is 44.7 Å². The standard InChI is InChI=1S/C44H48F7N9O5.C9H17NO3/c1-43(2,44(49,50)51)38(57-42(63)64-3)39(62)56-35(37(61)18-52-17-32-33(45)13-28(14-34(32)46)36-21-59(24-55-36)40(47)48)12-26-7-4-25(5-8-26)6-9-27-15-53-41(54-16-27)58-19-29-10-11-30(20-58)60(29)31-22-65-23-31;1-9(2,3)6(8(10)12)5-7(11)13-4/h4-5,7-8,13-16,21,24,29-31,35,37-38,40,52,61H,10-12,17-20,22-23H2,1-3H3,(H,56,62)(H,57,63);6H,5H2,1-4H3,(H2,10,12)/t29?,30?,35-,37-,38+;6-/m01/s1. The topological polar surface area (TPSA) is 228 Å². The van der Waals surface area contributed by atoms with Crippen molar-refractivity contribution < 1.29 is 69.2 Å². The normalized spacial score (nSPS) is 18.3. The second kappa shape index (κ2) is 25.7. The fraction of sp³-hybridized carbons (Fsp3) is 0.528. The van der Waals surface area contributed by atoms with Gasteiger partial charge >= 0.3 is 24.8 Å². The summed E-state index contributed by atoms with van der Waals surface area (Å²) in [5.41, 5.74) is 3.07. The number of carbonyl (C=O) groups is 4. The number of benzene rings is 2. The van der Waals surface area contributed by atoms with Gasteiger partial charge in [0, 0.05) is 73.5 Å². The number of aliphatic hydroxyl groups is 1. The third-order valence-electron chi connectivity index (χ3n) is 14.1. The van der Waals surface area contributed by atoms with Crippen molar-refractivity contribution in [1.82, 2.24) is 40.4 Å². The highest BCUT2D eigenvalue weighted by molar-refractivity contribution is 5.87. The number of hydrogen-bond donors (Lipinski definition) is 5. The zero-order valence-corrected chi connectivity index (χ0v) is 44.2. The van der Waals surface area contributed by atoms with E-state index >= 15 is 8.78 Å². The number of aromatic nitrogens is 4. The zero-order valence-electron chi connectivity index (χ0n) is 44.2. The molecule has 3 saturated heterocycles. The van der Waals surface area contributed by atoms with Crippen LogP contribution >= 0.6 is 0 Å². The molecular formula is C53H65F7N10O8. The highest BCUT2D eigenvalue weighted by Crippen LogP contribution is 2.41. The summed E-state index contributed by atoms with van der Waals surface area (Å²) in [6, 6.07) is 6.29. The number of piperazine rings is 1. The number of nitrogens with zero attached hydrogens (tertiary/aromatic N) is 6. The lowest BCUT2D eigenvalue weighted by atomic mass is 9.78. The van der Waals surface area contributed by atoms with E-state index in [1.807, 2.05) is 26.1 Å². The van der Waals surface area contributed by atoms with E-state index < -0.39 is 96.4 Å². The van der Waals surface area contributed by atoms with Gasteiger partial charge < -0.3 is 45.9 Å². The third-order valence-corrected chi connectivity index (χ3v) is 14.1. The Balaban J connectivity index is 0.000000669. The summed E-state index contributed by atoms with van der Waals surface area (Å²) in [7, 11) is 2.21. The van der Waals surface area contributed by atoms with Crippen molar-refractivity contribution in [1.29, 1.82) is 0 Å². The Morgan fingerprint density at radius 3 is 1.97 bits per heavy atom. The summed E-state index contributed by atoms with van der Waals surface area (Å²) in [5.74, 6) is 2.00. The predicted octanol–water partition coefficient (Wildman–Crippen LogP) is 5.65. The summed E-state index contributed by atoms with van der Waals surface area (Å²) in [6.07, 6.45) is -0.627. The third kappa shape index (κ3) is 15.2. The fourth-order valence-electron chi connectivity index (χ4n) is 9.31. The Bertz CT molecular complexity index is 2740. The number of imidazole rings is 1. The van der Waals surface area contributed by atoms with E-state index in [-0.39, 0.29) is 29.5 Å². The molecule has 0 spiro atoms. The number of amides is 3. The molecular weight excluding hydrogens is 1040 g/mol. The van der Waals surface area contributed by atoms with E-state index in [0.29, 0.717) is 45.3 Å². The Morgan fingerprint density at radius 2 is 1.47 bits per heavy atom. The van der Waals surface area contributed by atoms with Crippen molar-refractivity contribution >= 4 is 29.8 Å². The summed E-state index contributed by atoms with van der Waals surface area (Å²) < 4.78 is 114. The minimum atomic E-state index is -4.98. The van der Waals surface area contributed by atoms with Gasteiger partial charge in [0.05, 0.1) is 81.0 Å². The molecule has 0 aliphatic carbocycles. The van der Waals surface area contributed by atoms with Crippen LogP contribution in [0.5, 0.6) is 0 Å². The van der Waals surface area contributed by atoms with Crippen molar-refractivity contribution in [3.8, 4) is 23.1 Å². The van der Waals surface area contributed by atoms with Crippen LogP contribution in [0.4, 0.5) is 41.5 Å². The van der Waals surface area contributed by atoms with Crippen molar-refractivity contribution in [3.63, 3.8) is 0 Å². The SMILES string of the molecule is COC(=O)C[C@H](C(N)=O)C(C)(C)C.COC(=O)N[C@H](C(=O)N[C@@H](Cc1ccc(C#Cc2cnc(N3CC4CCC(C3)N4C3COC3)nc2)cc1)[C@@H](O)CNCc1c(F)cc(-c2cn(C(F)F)cn2)cc1F)C(C)(C)C(F)(F)F. The van der Waals surface area contributed by atoms with E-state index in [4.69, 9.17) is 10.5 Å². The number of alkyl carbamates (subject to hydrolysis) is 1. The molecule has 3 amide bonds. The molecule has 3 fully saturated rings. The van der Waals surface area contributed by atoms with Crippen LogP contribution in [0.2, 0.25) is 0 Å². The number of halogens is 7. The van der Waals surface area contributed by atoms with E-state index in [1.165, 1.54) is 7.11 Å². The summed E-state index contributed by atoms with van der Waals surface area (Å²) >= 11 is 0. The van der Waals surface area contributed by atoms with Gasteiger partial charge in [0.15, 0.2) is 0 Å². The Kier molecular flexibility index (Phi) is 19.9. The minimum absolute atomic E-state index is 0.0509. The van der Waals surface area contributed by atoms with Crippen LogP contribution in [-0.2, 0) is 41.6 Å². The van der Waals surface area contributed by atoms with Crippen LogP contribution in [0.25, 0.3) is 11.3 Å². The number of rotatable bonds is 18. The number of nitrogens with two attached hydrogens (primary N) is 1. The number of ether oxygens (including phenoxy) is 3. The quantitative estimate of drug-likeness (QED) is 0.0461. The first kappa shape index (κ1) is 60.4. The first-order valence-corrected chi connectivity index (χ1v) is 25.0. The lowest BCUT2D eigenvalue weighted by molar-refractivity contribution is -0.220. The van der Waals surface area contributed by atoms with E-state index in [9.17, 15) is 46.2 Å². The van der Waals surface area contributed by atoms with Crippen molar-refractivity contribution in [2.45, 2.75) is 116 Å². The number of hydrogen-bond acceptors (Lipinski definition) is 14. The molecule has 4 aromatic rings. The minimum Gasteiger partial charge on any atom is -0.469 e. The van der Waals surface area contributed by atoms with Crippen LogP contribution in [0, 0.1) is 40.2 Å². The molecule has 0 saturated carbocycles. The molecule has 25 heteroatoms. The van der Waals surface area contributed by atoms with Gasteiger partial charge in [-0.15, -0.1) is 0 Å². The summed E-state index contributed by atoms with van der Waals surface area (Å²) in [4.78, 5) is 65.5. The van der Waals surface area contributed by atoms with Gasteiger partial charge in [0.25, 0.3) is 0 Å². The van der Waals surface area contributed by atoms with Gasteiger partial charge in [0.1, 0.15) is 17.7 Å². The molecule has 18 nitrogen and oxygen atoms in total. The van der Waals surface area contributed by atoms with Gasteiger partial charge in [-0.2, -0.15) is 22.0 Å². The first-order valence-electron chi connectivity index (χ1n) is 25.0. The molecule has 7 rings (SSSR count). The number of nitrogens with one attached hydrogen (secondary N) is 3. The molecule has 2 bridgehead atoms. The Morgan fingerprint density at radius 1 is 0.872 bits per heavy atom. The second-order valence-electron chi connectivity index (χ2n) is 21.0. The van der Waals surface area contributed by atoms with Crippen LogP contribution in [0.1, 0.15) is 82.7 Å². The fourth-order valence-corrected chi connectivity index (χ4v) is 9.31. The van der Waals surface area contributed by atoms with Crippen molar-refractivity contribution in [2.24, 2.45) is 22.5 Å². The number of esters is 1. The highest BCUT2D eigenvalue weighted by atomic mass is 19.4. The molecule has 424 valence electrons. The van der Waals surface area contributed by atoms with Crippen LogP contribution in [0.15, 0.2) is 61.3 Å². The second-order valence-corrected chi connectivity index (χ2v) is 21.0. The molecule has 3 aliphatic heterocycles. The number of alkyl halides is 5. The number of primary amides is 1. The Labute approximate surface area is 447 Å². The molecule has 3 aliphatic rings. The van der Waals surface area contributed by atoms with E-state index in [0.717, 1.165) is 84.8 Å². The predicted molar refractivity (Wildman–Crippen MR) is 270 cm³/mol. The van der Waals surface area contributed by atoms with E-state index in [1.54, 1.807) is 36.7 Å². The summed E-state index contributed by atoms with van der Waals surface area (Å²) in [5, 5.41) is 18.4. The van der Waals surface area contributed by atoms with Crippen LogP contribution in [0.3, 0.4) is 0 Å². The maximum atomic E-state index is 15.1. The van der Waals surface area contributed by atoms with Crippen LogP contribution in [-0.4, -0.2) is 143 Å². The monoisotopic (exact) mass is 1100 g/mol. The van der Waals surface area contributed by atoms with Crippen LogP contribution < -0.4 is 26.6 Å². The molecule has 6 N–H and O–H groups in total. The van der Waals surface area contributed by atoms with Gasteiger partial charge in [-0.3, -0.25) is 23.9 Å². The number of carbonyl (C=O) groups excluding carboxylic acids is 4. The molecule has 2 aromatic carbocycles. The summed E-state index contributed by atoms with van der Waals surface area (Å²) in [6.45, 7) is 6.45. The molecule has 2 unspecified atom stereocenters. The highest BCUT2D eigenvalue weighted by Gasteiger charge is 2.56. The molecule has 2 aromatic heterocycles. The van der Waals surface area contributed by atoms with Gasteiger partial charge in [-0.25, -0.2) is 28.5 Å². The molecule has 6 atom stereocenters. The van der Waals surface area contributed by atoms with Crippen molar-refractivity contribution in [3.05, 3.63) is 95.2 Å². The maximum Gasteiger partial charge on any atom is 0.407 e. The van der Waals surface area contributed by atoms with Crippen molar-refractivity contribution in [2.75, 3.05) is 52.0 Å². The largest absolute Gasteiger partial charge is 0.469 e. The number of aliphatic hydroxyl groups excluding tert-OH is 1. The van der Waals surface area contributed by atoms with E-state index in [2.05, 4.69) is 56.7 Å². The number of fused-ring (bicyclic) bond motifs is 2. The molecule has 78 heavy (non-hydrogen) atoms. The lowest BCUT2D eigenvalue weighted by Gasteiger charge is -2.47. The zero-order chi connectivity index (χ0) is 57.3. The Hall–Kier alpha value is -6.88. The number of methoxy groups -OCH3 is 2. The lowest BCUT2D eigenvalue weighted by Crippen LogP contribution is -2.62. The average Bonchev–Trinajstić information content (AvgIpc) is 4.05. The van der Waals surface area contributed by atoms with Gasteiger partial charge in [0.2, 0.25) is 17.8 Å². The maximum absolute atomic E-state index is 15.1. The molecule has 0 radical (unpaired) electrons. The average molecular weight is 1100 g/mol. The van der Waals surface area contributed by atoms with Gasteiger partial charge in [-0.05, 0) is 68.4 Å². The molecule has 5 heterocycles.